The third kappa shape index (κ3) is 4.24. The average molecular weight is 295 g/mol. The molecule has 0 spiro atoms. The van der Waals surface area contributed by atoms with Gasteiger partial charge in [-0.25, -0.2) is 4.79 Å². The summed E-state index contributed by atoms with van der Waals surface area (Å²) in [6.07, 6.45) is 1.90. The second-order valence-corrected chi connectivity index (χ2v) is 6.06. The van der Waals surface area contributed by atoms with Crippen molar-refractivity contribution in [1.29, 1.82) is 0 Å². The van der Waals surface area contributed by atoms with Gasteiger partial charge in [0, 0.05) is 12.6 Å². The van der Waals surface area contributed by atoms with Gasteiger partial charge in [-0.2, -0.15) is 0 Å². The highest BCUT2D eigenvalue weighted by atomic mass is 16.7. The van der Waals surface area contributed by atoms with Crippen molar-refractivity contribution in [3.63, 3.8) is 0 Å². The number of carbonyl (C=O) groups is 2. The lowest BCUT2D eigenvalue weighted by Crippen LogP contribution is -2.34. The SMILES string of the molecule is CC(C)(C)OC(=O)OC[C@@H]1CCCN1c1ccc(C=O)o1. The Morgan fingerprint density at radius 1 is 1.48 bits per heavy atom. The van der Waals surface area contributed by atoms with Gasteiger partial charge in [-0.3, -0.25) is 4.79 Å². The fourth-order valence-corrected chi connectivity index (χ4v) is 2.30. The lowest BCUT2D eigenvalue weighted by molar-refractivity contribution is -0.00918. The van der Waals surface area contributed by atoms with E-state index in [4.69, 9.17) is 13.9 Å². The van der Waals surface area contributed by atoms with Gasteiger partial charge in [-0.15, -0.1) is 0 Å². The first-order valence-electron chi connectivity index (χ1n) is 7.06. The molecule has 0 aromatic carbocycles. The molecule has 1 aliphatic rings. The van der Waals surface area contributed by atoms with Crippen LogP contribution in [0.3, 0.4) is 0 Å². The smallest absolute Gasteiger partial charge is 0.438 e. The molecule has 1 aromatic rings. The van der Waals surface area contributed by atoms with E-state index >= 15 is 0 Å². The van der Waals surface area contributed by atoms with E-state index in [2.05, 4.69) is 0 Å². The predicted octanol–water partition coefficient (Wildman–Crippen LogP) is 3.01. The van der Waals surface area contributed by atoms with E-state index in [1.165, 1.54) is 0 Å². The molecule has 21 heavy (non-hydrogen) atoms. The molecule has 0 bridgehead atoms. The highest BCUT2D eigenvalue weighted by molar-refractivity contribution is 5.71. The highest BCUT2D eigenvalue weighted by Gasteiger charge is 2.29. The van der Waals surface area contributed by atoms with Crippen LogP contribution in [0.2, 0.25) is 0 Å². The molecule has 0 unspecified atom stereocenters. The molecule has 0 amide bonds. The lowest BCUT2D eigenvalue weighted by Gasteiger charge is -2.24. The van der Waals surface area contributed by atoms with Gasteiger partial charge in [0.05, 0.1) is 6.04 Å². The zero-order chi connectivity index (χ0) is 15.5. The predicted molar refractivity (Wildman–Crippen MR) is 76.6 cm³/mol. The average Bonchev–Trinajstić information content (AvgIpc) is 3.02. The molecule has 2 rings (SSSR count). The second-order valence-electron chi connectivity index (χ2n) is 6.06. The van der Waals surface area contributed by atoms with Crippen molar-refractivity contribution < 1.29 is 23.5 Å². The first-order valence-corrected chi connectivity index (χ1v) is 7.06. The number of hydrogen-bond acceptors (Lipinski definition) is 6. The van der Waals surface area contributed by atoms with Gasteiger partial charge < -0.3 is 18.8 Å². The minimum atomic E-state index is -0.664. The molecule has 1 aliphatic heterocycles. The van der Waals surface area contributed by atoms with Crippen LogP contribution in [0.25, 0.3) is 0 Å². The molecule has 0 N–H and O–H groups in total. The molecule has 0 radical (unpaired) electrons. The Morgan fingerprint density at radius 2 is 2.24 bits per heavy atom. The van der Waals surface area contributed by atoms with E-state index in [0.29, 0.717) is 17.9 Å². The molecule has 6 heteroatoms. The molecule has 6 nitrogen and oxygen atoms in total. The van der Waals surface area contributed by atoms with Gasteiger partial charge >= 0.3 is 6.16 Å². The van der Waals surface area contributed by atoms with Crippen LogP contribution in [-0.2, 0) is 9.47 Å². The van der Waals surface area contributed by atoms with Gasteiger partial charge in [-0.1, -0.05) is 0 Å². The first-order chi connectivity index (χ1) is 9.89. The number of nitrogens with zero attached hydrogens (tertiary/aromatic N) is 1. The van der Waals surface area contributed by atoms with E-state index < -0.39 is 11.8 Å². The summed E-state index contributed by atoms with van der Waals surface area (Å²) in [6.45, 7) is 6.43. The van der Waals surface area contributed by atoms with Crippen LogP contribution in [0.1, 0.15) is 44.2 Å². The Morgan fingerprint density at radius 3 is 2.86 bits per heavy atom. The summed E-state index contributed by atoms with van der Waals surface area (Å²) < 4.78 is 15.7. The van der Waals surface area contributed by atoms with Crippen LogP contribution < -0.4 is 4.90 Å². The topological polar surface area (TPSA) is 69.0 Å². The number of ether oxygens (including phenoxy) is 2. The fourth-order valence-electron chi connectivity index (χ4n) is 2.30. The minimum absolute atomic E-state index is 0.0446. The van der Waals surface area contributed by atoms with Crippen LogP contribution in [0.15, 0.2) is 16.5 Å². The highest BCUT2D eigenvalue weighted by Crippen LogP contribution is 2.27. The zero-order valence-electron chi connectivity index (χ0n) is 12.6. The van der Waals surface area contributed by atoms with Crippen molar-refractivity contribution >= 4 is 18.3 Å². The van der Waals surface area contributed by atoms with E-state index in [1.807, 2.05) is 4.90 Å². The normalized spacial score (nSPS) is 18.6. The van der Waals surface area contributed by atoms with Crippen LogP contribution in [0, 0.1) is 0 Å². The Labute approximate surface area is 124 Å². The quantitative estimate of drug-likeness (QED) is 0.628. The zero-order valence-corrected chi connectivity index (χ0v) is 12.6. The standard InChI is InChI=1S/C15H21NO5/c1-15(2,3)21-14(18)19-10-11-5-4-8-16(11)13-7-6-12(9-17)20-13/h6-7,9,11H,4-5,8,10H2,1-3H3/t11-/m0/s1. The van der Waals surface area contributed by atoms with Gasteiger partial charge in [0.1, 0.15) is 12.2 Å². The maximum atomic E-state index is 11.6. The molecule has 1 saturated heterocycles. The number of rotatable bonds is 4. The summed E-state index contributed by atoms with van der Waals surface area (Å²) in [7, 11) is 0. The molecular weight excluding hydrogens is 274 g/mol. The van der Waals surface area contributed by atoms with Crippen molar-refractivity contribution in [3.05, 3.63) is 17.9 Å². The van der Waals surface area contributed by atoms with Gasteiger partial charge in [0.2, 0.25) is 0 Å². The summed E-state index contributed by atoms with van der Waals surface area (Å²) >= 11 is 0. The Balaban J connectivity index is 1.90. The third-order valence-electron chi connectivity index (χ3n) is 3.17. The van der Waals surface area contributed by atoms with E-state index in [-0.39, 0.29) is 12.6 Å². The molecule has 1 aromatic heterocycles. The van der Waals surface area contributed by atoms with Crippen molar-refractivity contribution in [2.24, 2.45) is 0 Å². The molecule has 0 aliphatic carbocycles. The Hall–Kier alpha value is -1.98. The third-order valence-corrected chi connectivity index (χ3v) is 3.17. The van der Waals surface area contributed by atoms with Gasteiger partial charge in [0.15, 0.2) is 17.9 Å². The number of furan rings is 1. The summed E-state index contributed by atoms with van der Waals surface area (Å²) in [5, 5.41) is 0. The second kappa shape index (κ2) is 6.20. The van der Waals surface area contributed by atoms with Crippen molar-refractivity contribution in [1.82, 2.24) is 0 Å². The van der Waals surface area contributed by atoms with Crippen molar-refractivity contribution in [3.8, 4) is 0 Å². The summed E-state index contributed by atoms with van der Waals surface area (Å²) in [5.74, 6) is 0.927. The number of hydrogen-bond donors (Lipinski definition) is 0. The Kier molecular flexibility index (Phi) is 4.55. The molecule has 0 saturated carbocycles. The molecule has 1 atom stereocenters. The first kappa shape index (κ1) is 15.4. The summed E-state index contributed by atoms with van der Waals surface area (Å²) in [5.41, 5.74) is -0.563. The molecule has 2 heterocycles. The van der Waals surface area contributed by atoms with E-state index in [0.717, 1.165) is 19.4 Å². The molecular formula is C15H21NO5. The molecule has 116 valence electrons. The summed E-state index contributed by atoms with van der Waals surface area (Å²) in [6, 6.07) is 3.44. The van der Waals surface area contributed by atoms with Crippen LogP contribution in [0.5, 0.6) is 0 Å². The van der Waals surface area contributed by atoms with E-state index in [1.54, 1.807) is 32.9 Å². The van der Waals surface area contributed by atoms with E-state index in [9.17, 15) is 9.59 Å². The maximum Gasteiger partial charge on any atom is 0.508 e. The number of aldehydes is 1. The van der Waals surface area contributed by atoms with Gasteiger partial charge in [0.25, 0.3) is 0 Å². The molecule has 1 fully saturated rings. The van der Waals surface area contributed by atoms with Crippen LogP contribution >= 0.6 is 0 Å². The van der Waals surface area contributed by atoms with Crippen LogP contribution in [-0.4, -0.2) is 37.2 Å². The number of carbonyl (C=O) groups excluding carboxylic acids is 2. The van der Waals surface area contributed by atoms with Gasteiger partial charge in [-0.05, 0) is 39.7 Å². The lowest BCUT2D eigenvalue weighted by atomic mass is 10.2. The monoisotopic (exact) mass is 295 g/mol. The van der Waals surface area contributed by atoms with Crippen LogP contribution in [0.4, 0.5) is 10.7 Å². The fraction of sp³-hybridized carbons (Fsp3) is 0.600. The Bertz CT molecular complexity index is 502. The summed E-state index contributed by atoms with van der Waals surface area (Å²) in [4.78, 5) is 24.3. The number of anilines is 1. The minimum Gasteiger partial charge on any atom is -0.438 e. The van der Waals surface area contributed by atoms with Crippen molar-refractivity contribution in [2.45, 2.75) is 45.3 Å². The van der Waals surface area contributed by atoms with Crippen molar-refractivity contribution in [2.75, 3.05) is 18.1 Å². The largest absolute Gasteiger partial charge is 0.508 e. The maximum absolute atomic E-state index is 11.6.